The summed E-state index contributed by atoms with van der Waals surface area (Å²) in [5, 5.41) is 11.5. The second-order valence-corrected chi connectivity index (χ2v) is 4.00. The highest BCUT2D eigenvalue weighted by molar-refractivity contribution is 5.77. The number of amides is 1. The maximum absolute atomic E-state index is 11.7. The summed E-state index contributed by atoms with van der Waals surface area (Å²) >= 11 is 0. The van der Waals surface area contributed by atoms with E-state index in [9.17, 15) is 23.1 Å². The molecule has 0 aromatic carbocycles. The van der Waals surface area contributed by atoms with E-state index in [0.717, 1.165) is 12.8 Å². The lowest BCUT2D eigenvalue weighted by Gasteiger charge is -2.21. The number of hydrogen-bond acceptors (Lipinski definition) is 2. The number of alkyl halides is 3. The molecule has 1 aliphatic carbocycles. The maximum Gasteiger partial charge on any atom is 0.405 e. The summed E-state index contributed by atoms with van der Waals surface area (Å²) in [6, 6.07) is 0. The highest BCUT2D eigenvalue weighted by atomic mass is 19.4. The van der Waals surface area contributed by atoms with Crippen LogP contribution in [-0.2, 0) is 4.79 Å². The molecule has 0 spiro atoms. The number of carbonyl (C=O) groups excluding carboxylic acids is 1. The normalized spacial score (nSPS) is 20.3. The van der Waals surface area contributed by atoms with Crippen LogP contribution in [0.1, 0.15) is 32.1 Å². The van der Waals surface area contributed by atoms with Gasteiger partial charge in [0.2, 0.25) is 5.91 Å². The van der Waals surface area contributed by atoms with Gasteiger partial charge < -0.3 is 10.4 Å². The number of halogens is 3. The van der Waals surface area contributed by atoms with E-state index in [4.69, 9.17) is 0 Å². The van der Waals surface area contributed by atoms with Crippen LogP contribution in [0, 0.1) is 0 Å². The topological polar surface area (TPSA) is 49.3 Å². The van der Waals surface area contributed by atoms with Crippen molar-refractivity contribution < 1.29 is 23.1 Å². The maximum atomic E-state index is 11.7. The lowest BCUT2D eigenvalue weighted by molar-refractivity contribution is -0.141. The molecule has 0 saturated heterocycles. The average Bonchev–Trinajstić information content (AvgIpc) is 2.47. The molecule has 0 unspecified atom stereocenters. The van der Waals surface area contributed by atoms with Gasteiger partial charge in [0.15, 0.2) is 0 Å². The second-order valence-electron chi connectivity index (χ2n) is 4.00. The summed E-state index contributed by atoms with van der Waals surface area (Å²) in [6.45, 7) is -1.33. The van der Waals surface area contributed by atoms with Gasteiger partial charge in [0, 0.05) is 0 Å². The molecule has 0 heterocycles. The molecule has 1 aliphatic rings. The quantitative estimate of drug-likeness (QED) is 0.762. The molecule has 0 radical (unpaired) electrons. The SMILES string of the molecule is O=C(CC1(O)CCCC1)NCC(F)(F)F. The zero-order valence-corrected chi connectivity index (χ0v) is 8.23. The van der Waals surface area contributed by atoms with Crippen molar-refractivity contribution in [1.82, 2.24) is 5.32 Å². The van der Waals surface area contributed by atoms with E-state index in [1.165, 1.54) is 0 Å². The van der Waals surface area contributed by atoms with Gasteiger partial charge in [-0.05, 0) is 12.8 Å². The Kier molecular flexibility index (Phi) is 3.59. The van der Waals surface area contributed by atoms with E-state index in [0.29, 0.717) is 12.8 Å². The molecule has 2 N–H and O–H groups in total. The first-order chi connectivity index (χ1) is 6.81. The van der Waals surface area contributed by atoms with Crippen LogP contribution in [0.2, 0.25) is 0 Å². The van der Waals surface area contributed by atoms with Crippen LogP contribution < -0.4 is 5.32 Å². The van der Waals surface area contributed by atoms with Crippen LogP contribution in [0.5, 0.6) is 0 Å². The van der Waals surface area contributed by atoms with Gasteiger partial charge in [0.1, 0.15) is 6.54 Å². The molecule has 1 saturated carbocycles. The first-order valence-electron chi connectivity index (χ1n) is 4.87. The van der Waals surface area contributed by atoms with Crippen LogP contribution in [0.3, 0.4) is 0 Å². The van der Waals surface area contributed by atoms with E-state index < -0.39 is 24.2 Å². The molecule has 3 nitrogen and oxygen atoms in total. The van der Waals surface area contributed by atoms with E-state index in [-0.39, 0.29) is 6.42 Å². The van der Waals surface area contributed by atoms with Crippen molar-refractivity contribution in [1.29, 1.82) is 0 Å². The van der Waals surface area contributed by atoms with E-state index in [1.54, 1.807) is 5.32 Å². The van der Waals surface area contributed by atoms with Crippen molar-refractivity contribution in [2.75, 3.05) is 6.54 Å². The highest BCUT2D eigenvalue weighted by Gasteiger charge is 2.34. The molecular weight excluding hydrogens is 211 g/mol. The van der Waals surface area contributed by atoms with Crippen molar-refractivity contribution in [3.8, 4) is 0 Å². The van der Waals surface area contributed by atoms with Gasteiger partial charge in [-0.15, -0.1) is 0 Å². The zero-order chi connectivity index (χ0) is 11.5. The Morgan fingerprint density at radius 1 is 1.33 bits per heavy atom. The molecule has 88 valence electrons. The first-order valence-corrected chi connectivity index (χ1v) is 4.87. The largest absolute Gasteiger partial charge is 0.405 e. The van der Waals surface area contributed by atoms with E-state index >= 15 is 0 Å². The van der Waals surface area contributed by atoms with Crippen LogP contribution in [0.25, 0.3) is 0 Å². The third kappa shape index (κ3) is 4.51. The lowest BCUT2D eigenvalue weighted by atomic mass is 9.98. The van der Waals surface area contributed by atoms with Gasteiger partial charge in [-0.1, -0.05) is 12.8 Å². The fourth-order valence-electron chi connectivity index (χ4n) is 1.77. The molecule has 1 fully saturated rings. The molecular formula is C9H14F3NO2. The fourth-order valence-corrected chi connectivity index (χ4v) is 1.77. The molecule has 0 aliphatic heterocycles. The first kappa shape index (κ1) is 12.3. The number of hydrogen-bond donors (Lipinski definition) is 2. The Balaban J connectivity index is 2.30. The molecule has 0 bridgehead atoms. The second kappa shape index (κ2) is 4.38. The Morgan fingerprint density at radius 3 is 2.33 bits per heavy atom. The number of carbonyl (C=O) groups is 1. The summed E-state index contributed by atoms with van der Waals surface area (Å²) in [5.74, 6) is -0.739. The lowest BCUT2D eigenvalue weighted by Crippen LogP contribution is -2.38. The minimum absolute atomic E-state index is 0.233. The zero-order valence-electron chi connectivity index (χ0n) is 8.23. The van der Waals surface area contributed by atoms with E-state index in [2.05, 4.69) is 0 Å². The molecule has 6 heteroatoms. The minimum Gasteiger partial charge on any atom is -0.389 e. The fraction of sp³-hybridized carbons (Fsp3) is 0.889. The van der Waals surface area contributed by atoms with Crippen molar-refractivity contribution in [2.45, 2.75) is 43.9 Å². The average molecular weight is 225 g/mol. The van der Waals surface area contributed by atoms with Crippen LogP contribution in [0.4, 0.5) is 13.2 Å². The highest BCUT2D eigenvalue weighted by Crippen LogP contribution is 2.32. The van der Waals surface area contributed by atoms with Crippen LogP contribution in [0.15, 0.2) is 0 Å². The molecule has 15 heavy (non-hydrogen) atoms. The van der Waals surface area contributed by atoms with Gasteiger partial charge in [-0.3, -0.25) is 4.79 Å². The summed E-state index contributed by atoms with van der Waals surface area (Å²) in [4.78, 5) is 11.1. The van der Waals surface area contributed by atoms with Gasteiger partial charge in [-0.2, -0.15) is 13.2 Å². The molecule has 0 atom stereocenters. The number of aliphatic hydroxyl groups is 1. The van der Waals surface area contributed by atoms with Crippen LogP contribution >= 0.6 is 0 Å². The summed E-state index contributed by atoms with van der Waals surface area (Å²) in [6.07, 6.45) is -2.00. The Hall–Kier alpha value is -0.780. The monoisotopic (exact) mass is 225 g/mol. The third-order valence-corrected chi connectivity index (χ3v) is 2.51. The predicted octanol–water partition coefficient (Wildman–Crippen LogP) is 1.36. The summed E-state index contributed by atoms with van der Waals surface area (Å²) in [7, 11) is 0. The number of nitrogens with one attached hydrogen (secondary N) is 1. The number of rotatable bonds is 3. The van der Waals surface area contributed by atoms with Crippen molar-refractivity contribution >= 4 is 5.91 Å². The summed E-state index contributed by atoms with van der Waals surface area (Å²) in [5.41, 5.74) is -1.09. The van der Waals surface area contributed by atoms with Crippen molar-refractivity contribution in [3.05, 3.63) is 0 Å². The van der Waals surface area contributed by atoms with Gasteiger partial charge in [0.05, 0.1) is 12.0 Å². The molecule has 0 aromatic rings. The van der Waals surface area contributed by atoms with Crippen LogP contribution in [-0.4, -0.2) is 29.3 Å². The smallest absolute Gasteiger partial charge is 0.389 e. The summed E-state index contributed by atoms with van der Waals surface area (Å²) < 4.78 is 35.2. The van der Waals surface area contributed by atoms with Gasteiger partial charge in [-0.25, -0.2) is 0 Å². The Morgan fingerprint density at radius 2 is 1.87 bits per heavy atom. The predicted molar refractivity (Wildman–Crippen MR) is 47.1 cm³/mol. The molecule has 1 rings (SSSR count). The Bertz CT molecular complexity index is 234. The van der Waals surface area contributed by atoms with Crippen molar-refractivity contribution in [2.24, 2.45) is 0 Å². The Labute approximate surface area is 85.7 Å². The van der Waals surface area contributed by atoms with E-state index in [1.807, 2.05) is 0 Å². The standard InChI is InChI=1S/C9H14F3NO2/c10-9(11,12)6-13-7(14)5-8(15)3-1-2-4-8/h15H,1-6H2,(H,13,14). The van der Waals surface area contributed by atoms with Crippen molar-refractivity contribution in [3.63, 3.8) is 0 Å². The molecule has 0 aromatic heterocycles. The minimum atomic E-state index is -4.39. The van der Waals surface area contributed by atoms with Gasteiger partial charge >= 0.3 is 6.18 Å². The van der Waals surface area contributed by atoms with Gasteiger partial charge in [0.25, 0.3) is 0 Å². The molecule has 1 amide bonds. The third-order valence-electron chi connectivity index (χ3n) is 2.51.